The summed E-state index contributed by atoms with van der Waals surface area (Å²) in [7, 11) is 1.34. The second kappa shape index (κ2) is 10.7. The molecule has 0 unspecified atom stereocenters. The Kier molecular flexibility index (Phi) is 7.72. The van der Waals surface area contributed by atoms with Crippen LogP contribution in [0.4, 0.5) is 15.3 Å². The lowest BCUT2D eigenvalue weighted by Crippen LogP contribution is -2.50. The molecule has 3 amide bonds. The summed E-state index contributed by atoms with van der Waals surface area (Å²) in [4.78, 5) is 39.3. The number of nitrogens with one attached hydrogen (secondary N) is 1. The summed E-state index contributed by atoms with van der Waals surface area (Å²) in [5.41, 5.74) is 2.24. The van der Waals surface area contributed by atoms with Gasteiger partial charge in [0.15, 0.2) is 0 Å². The van der Waals surface area contributed by atoms with E-state index in [0.717, 1.165) is 11.1 Å². The lowest BCUT2D eigenvalue weighted by Gasteiger charge is -2.33. The van der Waals surface area contributed by atoms with Gasteiger partial charge in [-0.05, 0) is 35.4 Å². The van der Waals surface area contributed by atoms with Crippen LogP contribution in [-0.4, -0.2) is 61.2 Å². The first-order valence-electron chi connectivity index (χ1n) is 9.82. The van der Waals surface area contributed by atoms with E-state index in [-0.39, 0.29) is 25.0 Å². The van der Waals surface area contributed by atoms with Crippen LogP contribution in [-0.2, 0) is 27.3 Å². The summed E-state index contributed by atoms with van der Waals surface area (Å²) in [5.74, 6) is -0.00685. The second-order valence-corrected chi connectivity index (χ2v) is 7.48. The third-order valence-corrected chi connectivity index (χ3v) is 5.16. The molecule has 3 rings (SSSR count). The molecule has 2 aromatic carbocycles. The van der Waals surface area contributed by atoms with Crippen molar-refractivity contribution in [2.45, 2.75) is 13.0 Å². The summed E-state index contributed by atoms with van der Waals surface area (Å²) < 4.78 is 9.89. The van der Waals surface area contributed by atoms with E-state index < -0.39 is 6.09 Å². The van der Waals surface area contributed by atoms with Gasteiger partial charge in [-0.3, -0.25) is 10.1 Å². The van der Waals surface area contributed by atoms with Gasteiger partial charge in [-0.2, -0.15) is 0 Å². The first-order valence-corrected chi connectivity index (χ1v) is 10.2. The monoisotopic (exact) mass is 445 g/mol. The molecule has 2 aromatic rings. The Hall–Kier alpha value is -3.26. The number of hydrogen-bond donors (Lipinski definition) is 1. The van der Waals surface area contributed by atoms with Crippen LogP contribution in [0.2, 0.25) is 5.02 Å². The minimum Gasteiger partial charge on any atom is -0.453 e. The van der Waals surface area contributed by atoms with E-state index >= 15 is 0 Å². The highest BCUT2D eigenvalue weighted by Crippen LogP contribution is 2.14. The summed E-state index contributed by atoms with van der Waals surface area (Å²) in [6.07, 6.45) is -0.691. The molecule has 1 aliphatic rings. The largest absolute Gasteiger partial charge is 0.453 e. The fraction of sp³-hybridized carbons (Fsp3) is 0.318. The fourth-order valence-corrected chi connectivity index (χ4v) is 3.27. The topological polar surface area (TPSA) is 88.2 Å². The highest BCUT2D eigenvalue weighted by Gasteiger charge is 2.24. The van der Waals surface area contributed by atoms with Crippen LogP contribution in [0.25, 0.3) is 0 Å². The van der Waals surface area contributed by atoms with Gasteiger partial charge in [0.1, 0.15) is 6.61 Å². The average Bonchev–Trinajstić information content (AvgIpc) is 2.79. The molecular weight excluding hydrogens is 422 g/mol. The zero-order chi connectivity index (χ0) is 22.2. The van der Waals surface area contributed by atoms with Crippen molar-refractivity contribution in [3.8, 4) is 0 Å². The summed E-state index contributed by atoms with van der Waals surface area (Å²) >= 11 is 5.83. The maximum absolute atomic E-state index is 12.5. The van der Waals surface area contributed by atoms with Crippen molar-refractivity contribution < 1.29 is 23.9 Å². The number of rotatable bonds is 5. The molecule has 8 nitrogen and oxygen atoms in total. The third kappa shape index (κ3) is 6.62. The number of nitrogens with zero attached hydrogens (tertiary/aromatic N) is 2. The highest BCUT2D eigenvalue weighted by molar-refractivity contribution is 6.30. The van der Waals surface area contributed by atoms with E-state index in [2.05, 4.69) is 5.32 Å². The van der Waals surface area contributed by atoms with Gasteiger partial charge in [-0.15, -0.1) is 0 Å². The molecular formula is C22H24ClN3O5. The maximum Gasteiger partial charge on any atom is 0.411 e. The molecule has 164 valence electrons. The van der Waals surface area contributed by atoms with E-state index in [4.69, 9.17) is 21.1 Å². The van der Waals surface area contributed by atoms with Crippen molar-refractivity contribution in [2.75, 3.05) is 38.6 Å². The Morgan fingerprint density at radius 2 is 1.48 bits per heavy atom. The van der Waals surface area contributed by atoms with Crippen molar-refractivity contribution in [1.82, 2.24) is 9.80 Å². The maximum atomic E-state index is 12.5. The van der Waals surface area contributed by atoms with E-state index in [1.165, 1.54) is 7.11 Å². The first kappa shape index (κ1) is 22.4. The van der Waals surface area contributed by atoms with Crippen LogP contribution in [0.5, 0.6) is 0 Å². The Morgan fingerprint density at radius 3 is 2.10 bits per heavy atom. The van der Waals surface area contributed by atoms with Crippen LogP contribution in [0.15, 0.2) is 48.5 Å². The zero-order valence-electron chi connectivity index (χ0n) is 17.2. The van der Waals surface area contributed by atoms with E-state index in [1.807, 2.05) is 0 Å². The lowest BCUT2D eigenvalue weighted by atomic mass is 10.1. The Bertz CT molecular complexity index is 910. The number of piperazine rings is 1. The van der Waals surface area contributed by atoms with Crippen molar-refractivity contribution in [1.29, 1.82) is 0 Å². The SMILES string of the molecule is COC(=O)N1CCN(C(=O)Cc2ccc(NC(=O)OCc3ccc(Cl)cc3)cc2)CC1. The molecule has 9 heteroatoms. The number of halogens is 1. The van der Waals surface area contributed by atoms with Gasteiger partial charge in [0.05, 0.1) is 13.5 Å². The molecule has 0 aliphatic carbocycles. The lowest BCUT2D eigenvalue weighted by molar-refractivity contribution is -0.132. The third-order valence-electron chi connectivity index (χ3n) is 4.90. The van der Waals surface area contributed by atoms with Gasteiger partial charge in [0.25, 0.3) is 0 Å². The molecule has 1 N–H and O–H groups in total. The van der Waals surface area contributed by atoms with Crippen LogP contribution >= 0.6 is 11.6 Å². The molecule has 0 atom stereocenters. The Morgan fingerprint density at radius 1 is 0.903 bits per heavy atom. The predicted octanol–water partition coefficient (Wildman–Crippen LogP) is 3.54. The summed E-state index contributed by atoms with van der Waals surface area (Å²) in [6.45, 7) is 2.01. The average molecular weight is 446 g/mol. The zero-order valence-corrected chi connectivity index (χ0v) is 17.9. The molecule has 1 fully saturated rings. The summed E-state index contributed by atoms with van der Waals surface area (Å²) in [5, 5.41) is 3.28. The van der Waals surface area contributed by atoms with Crippen LogP contribution in [0, 0.1) is 0 Å². The number of carbonyl (C=O) groups excluding carboxylic acids is 3. The molecule has 0 saturated carbocycles. The minimum atomic E-state index is -0.567. The van der Waals surface area contributed by atoms with Gasteiger partial charge in [-0.1, -0.05) is 35.9 Å². The molecule has 31 heavy (non-hydrogen) atoms. The van der Waals surface area contributed by atoms with Crippen LogP contribution < -0.4 is 5.32 Å². The molecule has 1 heterocycles. The molecule has 0 radical (unpaired) electrons. The molecule has 0 bridgehead atoms. The van der Waals surface area contributed by atoms with Crippen LogP contribution in [0.1, 0.15) is 11.1 Å². The molecule has 0 aromatic heterocycles. The van der Waals surface area contributed by atoms with Crippen molar-refractivity contribution >= 4 is 35.4 Å². The number of hydrogen-bond acceptors (Lipinski definition) is 5. The van der Waals surface area contributed by atoms with Gasteiger partial charge in [0.2, 0.25) is 5.91 Å². The molecule has 0 spiro atoms. The van der Waals surface area contributed by atoms with E-state index in [9.17, 15) is 14.4 Å². The Labute approximate surface area is 185 Å². The van der Waals surface area contributed by atoms with Gasteiger partial charge in [-0.25, -0.2) is 9.59 Å². The first-order chi connectivity index (χ1) is 14.9. The smallest absolute Gasteiger partial charge is 0.411 e. The number of anilines is 1. The summed E-state index contributed by atoms with van der Waals surface area (Å²) in [6, 6.07) is 14.1. The normalized spacial score (nSPS) is 13.5. The van der Waals surface area contributed by atoms with Crippen LogP contribution in [0.3, 0.4) is 0 Å². The Balaban J connectivity index is 1.43. The minimum absolute atomic E-state index is 0.00685. The van der Waals surface area contributed by atoms with E-state index in [1.54, 1.807) is 58.3 Å². The fourth-order valence-electron chi connectivity index (χ4n) is 3.14. The number of ether oxygens (including phenoxy) is 2. The molecule has 1 aliphatic heterocycles. The second-order valence-electron chi connectivity index (χ2n) is 7.04. The number of carbonyl (C=O) groups is 3. The predicted molar refractivity (Wildman–Crippen MR) is 116 cm³/mol. The van der Waals surface area contributed by atoms with Crippen molar-refractivity contribution in [3.63, 3.8) is 0 Å². The quantitative estimate of drug-likeness (QED) is 0.760. The standard InChI is InChI=1S/C22H24ClN3O5/c1-30-22(29)26-12-10-25(11-13-26)20(27)14-16-4-8-19(9-5-16)24-21(28)31-15-17-2-6-18(23)7-3-17/h2-9H,10-15H2,1H3,(H,24,28). The van der Waals surface area contributed by atoms with Gasteiger partial charge in [0, 0.05) is 36.9 Å². The number of amides is 3. The van der Waals surface area contributed by atoms with Crippen molar-refractivity contribution in [3.05, 3.63) is 64.7 Å². The van der Waals surface area contributed by atoms with Crippen molar-refractivity contribution in [2.24, 2.45) is 0 Å². The number of methoxy groups -OCH3 is 1. The van der Waals surface area contributed by atoms with Gasteiger partial charge >= 0.3 is 12.2 Å². The molecule has 1 saturated heterocycles. The van der Waals surface area contributed by atoms with Gasteiger partial charge < -0.3 is 19.3 Å². The highest BCUT2D eigenvalue weighted by atomic mass is 35.5. The van der Waals surface area contributed by atoms with E-state index in [0.29, 0.717) is 36.9 Å². The number of benzene rings is 2.